The fourth-order valence-corrected chi connectivity index (χ4v) is 6.21. The lowest BCUT2D eigenvalue weighted by atomic mass is 9.95. The van der Waals surface area contributed by atoms with Crippen LogP contribution in [0.1, 0.15) is 35.2 Å². The summed E-state index contributed by atoms with van der Waals surface area (Å²) >= 11 is 0. The van der Waals surface area contributed by atoms with E-state index in [-0.39, 0.29) is 11.8 Å². The fraction of sp³-hybridized carbons (Fsp3) is 0.206. The highest BCUT2D eigenvalue weighted by Gasteiger charge is 2.35. The van der Waals surface area contributed by atoms with Gasteiger partial charge in [0.15, 0.2) is 0 Å². The molecule has 41 heavy (non-hydrogen) atoms. The van der Waals surface area contributed by atoms with Crippen molar-refractivity contribution in [3.63, 3.8) is 0 Å². The van der Waals surface area contributed by atoms with E-state index in [0.717, 1.165) is 82.4 Å². The molecule has 8 rings (SSSR count). The summed E-state index contributed by atoms with van der Waals surface area (Å²) in [5.74, 6) is 0.266. The maximum absolute atomic E-state index is 13.4. The molecule has 0 aliphatic carbocycles. The highest BCUT2D eigenvalue weighted by molar-refractivity contribution is 6.50. The first-order valence-electron chi connectivity index (χ1n) is 14.1. The van der Waals surface area contributed by atoms with Crippen molar-refractivity contribution in [1.82, 2.24) is 19.4 Å². The molecule has 5 aromatic rings. The molecule has 2 amide bonds. The Morgan fingerprint density at radius 3 is 2.02 bits per heavy atom. The molecule has 3 aliphatic heterocycles. The monoisotopic (exact) mass is 541 g/mol. The molecule has 0 saturated carbocycles. The molecule has 1 N–H and O–H groups in total. The second-order valence-electron chi connectivity index (χ2n) is 10.9. The SMILES string of the molecule is CN(C)c1nc2ccc1/C=C/CCn1cc(c3ccccc31)C1=C(C(=O)NC1=O)c1cn(c3ccccc13)CCC2. The van der Waals surface area contributed by atoms with Gasteiger partial charge in [0.1, 0.15) is 5.82 Å². The Bertz CT molecular complexity index is 1920. The molecule has 6 heterocycles. The first-order chi connectivity index (χ1) is 20.0. The topological polar surface area (TPSA) is 72.2 Å². The van der Waals surface area contributed by atoms with Crippen molar-refractivity contribution in [2.45, 2.75) is 32.4 Å². The molecule has 6 bridgehead atoms. The fourth-order valence-electron chi connectivity index (χ4n) is 6.21. The van der Waals surface area contributed by atoms with Crippen LogP contribution < -0.4 is 10.2 Å². The van der Waals surface area contributed by atoms with Crippen LogP contribution in [0.3, 0.4) is 0 Å². The summed E-state index contributed by atoms with van der Waals surface area (Å²) in [6.45, 7) is 1.50. The van der Waals surface area contributed by atoms with Crippen molar-refractivity contribution in [1.29, 1.82) is 0 Å². The summed E-state index contributed by atoms with van der Waals surface area (Å²) in [4.78, 5) is 33.9. The van der Waals surface area contributed by atoms with Gasteiger partial charge in [0.2, 0.25) is 0 Å². The number of aromatic nitrogens is 3. The lowest BCUT2D eigenvalue weighted by Crippen LogP contribution is -2.22. The maximum Gasteiger partial charge on any atom is 0.259 e. The van der Waals surface area contributed by atoms with Gasteiger partial charge in [-0.25, -0.2) is 4.98 Å². The second-order valence-corrected chi connectivity index (χ2v) is 10.9. The van der Waals surface area contributed by atoms with Crippen molar-refractivity contribution < 1.29 is 9.59 Å². The van der Waals surface area contributed by atoms with Gasteiger partial charge in [0, 0.05) is 83.8 Å². The number of carbonyl (C=O) groups is 2. The zero-order valence-electron chi connectivity index (χ0n) is 23.2. The number of amides is 2. The van der Waals surface area contributed by atoms with Crippen LogP contribution in [-0.2, 0) is 29.1 Å². The number of rotatable bonds is 1. The van der Waals surface area contributed by atoms with E-state index in [0.29, 0.717) is 11.1 Å². The lowest BCUT2D eigenvalue weighted by molar-refractivity contribution is -0.122. The van der Waals surface area contributed by atoms with Crippen LogP contribution in [0.2, 0.25) is 0 Å². The van der Waals surface area contributed by atoms with E-state index in [9.17, 15) is 9.59 Å². The number of pyridine rings is 1. The summed E-state index contributed by atoms with van der Waals surface area (Å²) in [7, 11) is 4.06. The minimum Gasteiger partial charge on any atom is -0.362 e. The smallest absolute Gasteiger partial charge is 0.259 e. The van der Waals surface area contributed by atoms with Crippen LogP contribution in [0, 0.1) is 0 Å². The summed E-state index contributed by atoms with van der Waals surface area (Å²) in [5.41, 5.74) is 6.68. The van der Waals surface area contributed by atoms with Crippen LogP contribution in [0.25, 0.3) is 39.0 Å². The zero-order chi connectivity index (χ0) is 28.1. The summed E-state index contributed by atoms with van der Waals surface area (Å²) in [6, 6.07) is 20.5. The molecule has 0 fully saturated rings. The highest BCUT2D eigenvalue weighted by Crippen LogP contribution is 2.39. The van der Waals surface area contributed by atoms with Gasteiger partial charge < -0.3 is 14.0 Å². The molecular weight excluding hydrogens is 510 g/mol. The molecule has 0 unspecified atom stereocenters. The Labute approximate surface area is 238 Å². The van der Waals surface area contributed by atoms with Crippen LogP contribution in [0.4, 0.5) is 5.82 Å². The highest BCUT2D eigenvalue weighted by atomic mass is 16.2. The number of nitrogens with one attached hydrogen (secondary N) is 1. The van der Waals surface area contributed by atoms with Crippen molar-refractivity contribution >= 4 is 56.7 Å². The van der Waals surface area contributed by atoms with Crippen molar-refractivity contribution in [2.24, 2.45) is 0 Å². The predicted molar refractivity (Wildman–Crippen MR) is 164 cm³/mol. The molecule has 7 heteroatoms. The molecule has 3 aromatic heterocycles. The Morgan fingerprint density at radius 1 is 0.780 bits per heavy atom. The average Bonchev–Trinajstić information content (AvgIpc) is 3.61. The number of imide groups is 1. The third-order valence-corrected chi connectivity index (χ3v) is 8.10. The zero-order valence-corrected chi connectivity index (χ0v) is 23.2. The minimum absolute atomic E-state index is 0.348. The van der Waals surface area contributed by atoms with Gasteiger partial charge in [-0.15, -0.1) is 0 Å². The van der Waals surface area contributed by atoms with Crippen LogP contribution >= 0.6 is 0 Å². The van der Waals surface area contributed by atoms with E-state index < -0.39 is 0 Å². The molecule has 0 spiro atoms. The first kappa shape index (κ1) is 25.1. The molecule has 0 atom stereocenters. The first-order valence-corrected chi connectivity index (χ1v) is 14.1. The maximum atomic E-state index is 13.4. The number of nitrogens with zero attached hydrogens (tertiary/aromatic N) is 4. The normalized spacial score (nSPS) is 16.4. The van der Waals surface area contributed by atoms with Crippen LogP contribution in [-0.4, -0.2) is 40.0 Å². The van der Waals surface area contributed by atoms with E-state index in [4.69, 9.17) is 4.98 Å². The number of allylic oxidation sites excluding steroid dienone is 1. The molecule has 3 aliphatic rings. The summed E-state index contributed by atoms with van der Waals surface area (Å²) in [6.07, 6.45) is 10.9. The number of anilines is 1. The standard InChI is InChI=1S/C34H31N5O2/c1-37(2)32-22-10-7-8-18-38-20-26(24-12-3-5-14-28(24)38)30-31(34(41)36-33(30)40)27-21-39(29-15-6-4-13-25(27)29)19-9-11-23(35-32)17-16-22/h3-7,10,12-17,20-21H,8-9,11,18-19H2,1-2H3,(H,36,40,41)/b10-7+. The Kier molecular flexibility index (Phi) is 6.07. The number of fused-ring (bicyclic) bond motifs is 8. The largest absolute Gasteiger partial charge is 0.362 e. The van der Waals surface area contributed by atoms with Crippen LogP contribution in [0.5, 0.6) is 0 Å². The Hall–Kier alpha value is -4.91. The number of aryl methyl sites for hydroxylation is 3. The van der Waals surface area contributed by atoms with Gasteiger partial charge in [0.25, 0.3) is 11.8 Å². The summed E-state index contributed by atoms with van der Waals surface area (Å²) in [5, 5.41) is 4.52. The molecule has 0 saturated heterocycles. The van der Waals surface area contributed by atoms with Crippen LogP contribution in [0.15, 0.2) is 79.1 Å². The molecule has 0 radical (unpaired) electrons. The molecule has 7 nitrogen and oxygen atoms in total. The predicted octanol–water partition coefficient (Wildman–Crippen LogP) is 5.67. The van der Waals surface area contributed by atoms with Gasteiger partial charge in [-0.1, -0.05) is 48.6 Å². The van der Waals surface area contributed by atoms with Gasteiger partial charge >= 0.3 is 0 Å². The van der Waals surface area contributed by atoms with Gasteiger partial charge in [0.05, 0.1) is 11.1 Å². The van der Waals surface area contributed by atoms with E-state index in [1.54, 1.807) is 0 Å². The number of hydrogen-bond acceptors (Lipinski definition) is 4. The van der Waals surface area contributed by atoms with Gasteiger partial charge in [-0.05, 0) is 43.5 Å². The molecule has 2 aromatic carbocycles. The van der Waals surface area contributed by atoms with Crippen molar-refractivity contribution in [3.05, 3.63) is 102 Å². The lowest BCUT2D eigenvalue weighted by Gasteiger charge is -2.16. The number of para-hydroxylation sites is 2. The van der Waals surface area contributed by atoms with Crippen molar-refractivity contribution in [2.75, 3.05) is 19.0 Å². The van der Waals surface area contributed by atoms with Gasteiger partial charge in [-0.2, -0.15) is 0 Å². The number of carbonyl (C=O) groups excluding carboxylic acids is 2. The van der Waals surface area contributed by atoms with E-state index in [1.165, 1.54) is 0 Å². The minimum atomic E-state index is -0.348. The van der Waals surface area contributed by atoms with Gasteiger partial charge in [-0.3, -0.25) is 14.9 Å². The Morgan fingerprint density at radius 2 is 1.39 bits per heavy atom. The van der Waals surface area contributed by atoms with E-state index >= 15 is 0 Å². The third-order valence-electron chi connectivity index (χ3n) is 8.10. The third kappa shape index (κ3) is 4.25. The Balaban J connectivity index is 1.45. The molecular formula is C34H31N5O2. The number of hydrogen-bond donors (Lipinski definition) is 1. The van der Waals surface area contributed by atoms with E-state index in [1.807, 2.05) is 62.9 Å². The quantitative estimate of drug-likeness (QED) is 0.278. The summed E-state index contributed by atoms with van der Waals surface area (Å²) < 4.78 is 4.38. The average molecular weight is 542 g/mol. The van der Waals surface area contributed by atoms with E-state index in [2.05, 4.69) is 55.8 Å². The molecule has 204 valence electrons. The number of benzene rings is 2. The van der Waals surface area contributed by atoms with Crippen molar-refractivity contribution in [3.8, 4) is 0 Å². The second kappa shape index (κ2) is 9.93.